The van der Waals surface area contributed by atoms with Crippen LogP contribution in [-0.2, 0) is 23.7 Å². The van der Waals surface area contributed by atoms with Crippen molar-refractivity contribution < 1.29 is 9.59 Å². The number of likely N-dealkylation sites (N-methyl/N-ethyl adjacent to an activating group) is 2. The zero-order chi connectivity index (χ0) is 41.9. The van der Waals surface area contributed by atoms with Crippen molar-refractivity contribution in [1.82, 2.24) is 63.9 Å². The Morgan fingerprint density at radius 2 is 1.35 bits per heavy atom. The summed E-state index contributed by atoms with van der Waals surface area (Å²) in [7, 11) is 18.1. The van der Waals surface area contributed by atoms with E-state index in [9.17, 15) is 14.4 Å². The lowest BCUT2D eigenvalue weighted by atomic mass is 10.2. The van der Waals surface area contributed by atoms with E-state index in [-0.39, 0.29) is 24.8 Å². The number of anilines is 2. The number of aliphatic imine (C=N–C) groups is 1. The standard InChI is InChI=1S/C8H10N4.C8H12N2O.C7H9N5O.C7H11N3.C7H10N2O.CH4/c1-9-6-3-4-10-8-7(6)11-5-12(8)2;1-6-5-9(3)7(2)10(4)8(6)11;1-8-7-10-5-4(6(13)11-7)9-3-12(5)2;1-6-9-7(8-2)4-5-10(6)3;1-6-8(2)5-4-7(10)9(6)3;/h3-5H,1-2H3,(H,9,10);5H,2H2,1,3-4H3;3H,1-2H3,(H2,8,10,11,13);4-5H,1H2,2-3H3,(H,8,9);4-5H,1H2,2-3H3;1H4. The van der Waals surface area contributed by atoms with Crippen LogP contribution in [0.3, 0.4) is 0 Å². The number of nitrogens with zero attached hydrogens (tertiary/aromatic N) is 12. The molecule has 0 bridgehead atoms. The lowest BCUT2D eigenvalue weighted by molar-refractivity contribution is -0.126. The molecule has 0 aromatic carbocycles. The van der Waals surface area contributed by atoms with Gasteiger partial charge in [-0.25, -0.2) is 15.0 Å². The number of amidine groups is 1. The number of aromatic nitrogens is 7. The molecule has 0 aliphatic carbocycles. The number of carbonyl (C=O) groups is 2. The summed E-state index contributed by atoms with van der Waals surface area (Å²) in [5, 5.41) is 8.85. The van der Waals surface area contributed by atoms with Crippen LogP contribution in [0, 0.1) is 0 Å². The van der Waals surface area contributed by atoms with Gasteiger partial charge in [0, 0.05) is 107 Å². The van der Waals surface area contributed by atoms with Gasteiger partial charge in [0.2, 0.25) is 5.95 Å². The molecule has 19 nitrogen and oxygen atoms in total. The van der Waals surface area contributed by atoms with Gasteiger partial charge in [-0.1, -0.05) is 27.2 Å². The number of hydrogen-bond acceptors (Lipinski definition) is 13. The second-order valence-electron chi connectivity index (χ2n) is 12.4. The number of aryl methyl sites for hydroxylation is 2. The van der Waals surface area contributed by atoms with Crippen LogP contribution in [0.2, 0.25) is 0 Å². The highest BCUT2D eigenvalue weighted by Crippen LogP contribution is 2.18. The number of H-pyrrole nitrogens is 1. The molecule has 3 aliphatic heterocycles. The first-order valence-electron chi connectivity index (χ1n) is 17.1. The highest BCUT2D eigenvalue weighted by molar-refractivity contribution is 5.95. The fraction of sp³-hybridized carbons (Fsp3) is 0.316. The van der Waals surface area contributed by atoms with E-state index in [1.165, 1.54) is 15.9 Å². The minimum absolute atomic E-state index is 0. The largest absolute Gasteiger partial charge is 0.386 e. The third-order valence-electron chi connectivity index (χ3n) is 8.46. The summed E-state index contributed by atoms with van der Waals surface area (Å²) < 4.78 is 3.60. The average Bonchev–Trinajstić information content (AvgIpc) is 3.77. The number of fused-ring (bicyclic) bond motifs is 2. The van der Waals surface area contributed by atoms with Gasteiger partial charge in [-0.05, 0) is 19.1 Å². The molecule has 0 saturated carbocycles. The molecule has 0 spiro atoms. The van der Waals surface area contributed by atoms with E-state index in [0.29, 0.717) is 28.8 Å². The van der Waals surface area contributed by atoms with E-state index in [1.807, 2.05) is 67.9 Å². The maximum atomic E-state index is 11.4. The van der Waals surface area contributed by atoms with E-state index < -0.39 is 0 Å². The normalized spacial score (nSPS) is 15.4. The van der Waals surface area contributed by atoms with Crippen molar-refractivity contribution in [3.05, 3.63) is 109 Å². The summed E-state index contributed by atoms with van der Waals surface area (Å²) in [6.07, 6.45) is 13.9. The Labute approximate surface area is 333 Å². The van der Waals surface area contributed by atoms with E-state index in [4.69, 9.17) is 0 Å². The van der Waals surface area contributed by atoms with E-state index in [1.54, 1.807) is 82.9 Å². The average molecular weight is 785 g/mol. The van der Waals surface area contributed by atoms with Crippen molar-refractivity contribution in [3.8, 4) is 0 Å². The molecule has 0 atom stereocenters. The second-order valence-corrected chi connectivity index (χ2v) is 12.4. The molecule has 19 heteroatoms. The summed E-state index contributed by atoms with van der Waals surface area (Å²) in [6, 6.07) is 1.91. The lowest BCUT2D eigenvalue weighted by Crippen LogP contribution is -2.37. The molecule has 7 heterocycles. The number of nitrogens with one attached hydrogen (secondary N) is 4. The minimum atomic E-state index is -0.227. The number of aromatic amines is 1. The Hall–Kier alpha value is -7.18. The SMILES string of the molecule is C.C=C1N(C)C=C(C)C(=O)N1C.C=C1N(C)C=CC(=O)N1C.C=C1NC(=NC)C=CN1C.CNc1ccnc2c1ncn2C.CNc1nc2c(ncn2C)c(=O)[nH]1. The zero-order valence-corrected chi connectivity index (χ0v) is 33.9. The van der Waals surface area contributed by atoms with Crippen LogP contribution in [0.25, 0.3) is 22.3 Å². The summed E-state index contributed by atoms with van der Waals surface area (Å²) in [4.78, 5) is 65.1. The van der Waals surface area contributed by atoms with Gasteiger partial charge in [0.05, 0.1) is 18.3 Å². The van der Waals surface area contributed by atoms with Gasteiger partial charge in [0.15, 0.2) is 16.8 Å². The number of rotatable bonds is 2. The number of carbonyl (C=O) groups excluding carboxylic acids is 2. The van der Waals surface area contributed by atoms with Crippen molar-refractivity contribution in [2.75, 3.05) is 67.0 Å². The van der Waals surface area contributed by atoms with Gasteiger partial charge in [-0.3, -0.25) is 34.2 Å². The zero-order valence-electron chi connectivity index (χ0n) is 33.9. The maximum absolute atomic E-state index is 11.4. The quantitative estimate of drug-likeness (QED) is 0.232. The Morgan fingerprint density at radius 1 is 0.754 bits per heavy atom. The molecule has 4 N–H and O–H groups in total. The van der Waals surface area contributed by atoms with E-state index in [0.717, 1.165) is 34.1 Å². The number of hydrogen-bond donors (Lipinski definition) is 4. The van der Waals surface area contributed by atoms with Crippen LogP contribution < -0.4 is 21.5 Å². The summed E-state index contributed by atoms with van der Waals surface area (Å²) in [5.41, 5.74) is 4.29. The van der Waals surface area contributed by atoms with E-state index in [2.05, 4.69) is 65.6 Å². The third kappa shape index (κ3) is 11.4. The van der Waals surface area contributed by atoms with Crippen molar-refractivity contribution >= 4 is 51.6 Å². The monoisotopic (exact) mass is 784 g/mol. The van der Waals surface area contributed by atoms with Crippen LogP contribution in [0.15, 0.2) is 108 Å². The first-order chi connectivity index (χ1) is 26.4. The summed E-state index contributed by atoms with van der Waals surface area (Å²) in [5.74, 6) is 3.55. The van der Waals surface area contributed by atoms with Crippen LogP contribution >= 0.6 is 0 Å². The van der Waals surface area contributed by atoms with E-state index >= 15 is 0 Å². The van der Waals surface area contributed by atoms with Gasteiger partial charge >= 0.3 is 0 Å². The van der Waals surface area contributed by atoms with Crippen LogP contribution in [0.1, 0.15) is 14.4 Å². The fourth-order valence-electron chi connectivity index (χ4n) is 4.82. The smallest absolute Gasteiger partial charge is 0.280 e. The van der Waals surface area contributed by atoms with Gasteiger partial charge in [0.25, 0.3) is 17.4 Å². The number of amides is 2. The molecule has 0 fully saturated rings. The Balaban J connectivity index is 0.000000246. The van der Waals surface area contributed by atoms with Gasteiger partial charge < -0.3 is 39.8 Å². The van der Waals surface area contributed by atoms with Gasteiger partial charge in [0.1, 0.15) is 28.8 Å². The molecule has 57 heavy (non-hydrogen) atoms. The Bertz CT molecular complexity index is 2280. The van der Waals surface area contributed by atoms with Crippen LogP contribution in [-0.4, -0.2) is 133 Å². The topological polar surface area (TPSA) is 193 Å². The van der Waals surface area contributed by atoms with Gasteiger partial charge in [-0.2, -0.15) is 4.98 Å². The summed E-state index contributed by atoms with van der Waals surface area (Å²) in [6.45, 7) is 13.0. The fourth-order valence-corrected chi connectivity index (χ4v) is 4.82. The van der Waals surface area contributed by atoms with Crippen molar-refractivity contribution in [1.29, 1.82) is 0 Å². The molecule has 3 aliphatic rings. The van der Waals surface area contributed by atoms with Gasteiger partial charge in [-0.15, -0.1) is 0 Å². The second kappa shape index (κ2) is 20.5. The number of imidazole rings is 2. The highest BCUT2D eigenvalue weighted by Gasteiger charge is 2.21. The number of pyridine rings is 1. The molecular weight excluding hydrogens is 729 g/mol. The molecule has 0 radical (unpaired) electrons. The Morgan fingerprint density at radius 3 is 1.93 bits per heavy atom. The molecule has 2 amide bonds. The molecule has 0 saturated heterocycles. The minimum Gasteiger partial charge on any atom is -0.386 e. The first-order valence-corrected chi connectivity index (χ1v) is 17.1. The summed E-state index contributed by atoms with van der Waals surface area (Å²) >= 11 is 0. The predicted molar refractivity (Wildman–Crippen MR) is 228 cm³/mol. The van der Waals surface area contributed by atoms with Crippen molar-refractivity contribution in [2.24, 2.45) is 19.1 Å². The first kappa shape index (κ1) is 46.0. The van der Waals surface area contributed by atoms with Crippen LogP contribution in [0.5, 0.6) is 0 Å². The highest BCUT2D eigenvalue weighted by atomic mass is 16.2. The predicted octanol–water partition coefficient (Wildman–Crippen LogP) is 3.02. The molecular formula is C38H56N16O3. The Kier molecular flexibility index (Phi) is 16.5. The third-order valence-corrected chi connectivity index (χ3v) is 8.46. The molecule has 4 aromatic heterocycles. The molecule has 7 rings (SSSR count). The van der Waals surface area contributed by atoms with Crippen molar-refractivity contribution in [3.63, 3.8) is 0 Å². The van der Waals surface area contributed by atoms with Crippen LogP contribution in [0.4, 0.5) is 11.6 Å². The molecule has 4 aromatic rings. The molecule has 306 valence electrons. The lowest BCUT2D eigenvalue weighted by Gasteiger charge is -2.31. The maximum Gasteiger partial charge on any atom is 0.280 e. The molecule has 0 unspecified atom stereocenters. The van der Waals surface area contributed by atoms with Crippen molar-refractivity contribution in [2.45, 2.75) is 14.4 Å².